The van der Waals surface area contributed by atoms with Crippen LogP contribution in [0.3, 0.4) is 0 Å². The summed E-state index contributed by atoms with van der Waals surface area (Å²) in [5.74, 6) is -0.490. The van der Waals surface area contributed by atoms with E-state index < -0.39 is 28.6 Å². The third-order valence-corrected chi connectivity index (χ3v) is 6.65. The van der Waals surface area contributed by atoms with Crippen molar-refractivity contribution in [3.05, 3.63) is 60.2 Å². The van der Waals surface area contributed by atoms with Gasteiger partial charge in [0, 0.05) is 12.1 Å². The molecule has 2 saturated carbocycles. The monoisotopic (exact) mass is 418 g/mol. The van der Waals surface area contributed by atoms with E-state index in [2.05, 4.69) is 11.2 Å². The minimum Gasteiger partial charge on any atom is -0.481 e. The maximum absolute atomic E-state index is 12.5. The summed E-state index contributed by atoms with van der Waals surface area (Å²) in [5.41, 5.74) is -1.33. The summed E-state index contributed by atoms with van der Waals surface area (Å²) in [6, 6.07) is 18.7. The largest absolute Gasteiger partial charge is 0.481 e. The molecule has 1 N–H and O–H groups in total. The molecule has 0 spiro atoms. The van der Waals surface area contributed by atoms with E-state index in [4.69, 9.17) is 9.57 Å². The van der Waals surface area contributed by atoms with E-state index in [9.17, 15) is 15.2 Å². The van der Waals surface area contributed by atoms with Gasteiger partial charge < -0.3 is 14.7 Å². The van der Waals surface area contributed by atoms with Crippen molar-refractivity contribution in [2.75, 3.05) is 6.61 Å². The molecule has 6 nitrogen and oxygen atoms in total. The first kappa shape index (κ1) is 20.9. The molecule has 3 atom stereocenters. The highest BCUT2D eigenvalue weighted by Crippen LogP contribution is 2.73. The van der Waals surface area contributed by atoms with Crippen molar-refractivity contribution in [2.45, 2.75) is 32.6 Å². The predicted molar refractivity (Wildman–Crippen MR) is 116 cm³/mol. The molecule has 2 fully saturated rings. The summed E-state index contributed by atoms with van der Waals surface area (Å²) >= 11 is 0. The normalized spacial score (nSPS) is 24.9. The Balaban J connectivity index is 1.60. The van der Waals surface area contributed by atoms with Crippen molar-refractivity contribution in [3.63, 3.8) is 0 Å². The number of nitrogens with zero attached hydrogens (tertiary/aromatic N) is 2. The number of carboxylic acids is 1. The van der Waals surface area contributed by atoms with Crippen molar-refractivity contribution in [2.24, 2.45) is 27.8 Å². The standard InChI is InChI=1S/C25H26N2O4/c1-24(2)22(15-27-30-16-17-11-12-17)25(24,23(28)29)21(14-26)18-7-6-10-20(13-18)31-19-8-4-3-5-9-19/h3-10,13,15,17,21-22H,11-12,16H2,1-2H3,(H,28,29). The van der Waals surface area contributed by atoms with E-state index in [-0.39, 0.29) is 0 Å². The zero-order valence-corrected chi connectivity index (χ0v) is 17.7. The lowest BCUT2D eigenvalue weighted by molar-refractivity contribution is -0.145. The summed E-state index contributed by atoms with van der Waals surface area (Å²) in [4.78, 5) is 17.9. The van der Waals surface area contributed by atoms with Gasteiger partial charge in [-0.1, -0.05) is 49.3 Å². The Morgan fingerprint density at radius 3 is 2.58 bits per heavy atom. The van der Waals surface area contributed by atoms with Gasteiger partial charge >= 0.3 is 5.97 Å². The number of oxime groups is 1. The van der Waals surface area contributed by atoms with E-state index in [1.807, 2.05) is 44.2 Å². The maximum Gasteiger partial charge on any atom is 0.312 e. The van der Waals surface area contributed by atoms with Gasteiger partial charge in [0.15, 0.2) is 0 Å². The molecule has 2 aliphatic rings. The van der Waals surface area contributed by atoms with Crippen LogP contribution in [0.15, 0.2) is 59.8 Å². The fourth-order valence-corrected chi connectivity index (χ4v) is 4.58. The summed E-state index contributed by atoms with van der Waals surface area (Å²) in [6.45, 7) is 4.30. The molecular weight excluding hydrogens is 392 g/mol. The van der Waals surface area contributed by atoms with Crippen LogP contribution in [-0.2, 0) is 9.63 Å². The van der Waals surface area contributed by atoms with Gasteiger partial charge in [-0.05, 0) is 54.0 Å². The quantitative estimate of drug-likeness (QED) is 0.445. The van der Waals surface area contributed by atoms with Crippen LogP contribution in [0.2, 0.25) is 0 Å². The average Bonchev–Trinajstić information content (AvgIpc) is 3.64. The van der Waals surface area contributed by atoms with Gasteiger partial charge in [-0.15, -0.1) is 0 Å². The molecule has 0 bridgehead atoms. The zero-order chi connectivity index (χ0) is 22.1. The molecule has 0 radical (unpaired) electrons. The SMILES string of the molecule is CC1(C)C(C=NOCC2CC2)C1(C(=O)O)C(C#N)c1cccc(Oc2ccccc2)c1. The number of benzene rings is 2. The van der Waals surface area contributed by atoms with Crippen LogP contribution in [-0.4, -0.2) is 23.9 Å². The topological polar surface area (TPSA) is 91.9 Å². The Morgan fingerprint density at radius 2 is 1.94 bits per heavy atom. The van der Waals surface area contributed by atoms with Crippen molar-refractivity contribution in [1.82, 2.24) is 0 Å². The second-order valence-electron chi connectivity index (χ2n) is 8.92. The van der Waals surface area contributed by atoms with Crippen LogP contribution in [0.25, 0.3) is 0 Å². The molecule has 3 unspecified atom stereocenters. The lowest BCUT2D eigenvalue weighted by Crippen LogP contribution is -2.29. The summed E-state index contributed by atoms with van der Waals surface area (Å²) in [6.07, 6.45) is 3.88. The van der Waals surface area contributed by atoms with Gasteiger partial charge in [-0.25, -0.2) is 0 Å². The number of ether oxygens (including phenoxy) is 1. The Kier molecular flexibility index (Phi) is 5.45. The molecular formula is C25H26N2O4. The van der Waals surface area contributed by atoms with Gasteiger partial charge in [0.1, 0.15) is 23.5 Å². The number of carbonyl (C=O) groups is 1. The lowest BCUT2D eigenvalue weighted by atomic mass is 9.78. The molecule has 0 aromatic heterocycles. The van der Waals surface area contributed by atoms with Crippen LogP contribution in [0, 0.1) is 34.0 Å². The average molecular weight is 418 g/mol. The maximum atomic E-state index is 12.5. The number of aliphatic carboxylic acids is 1. The van der Waals surface area contributed by atoms with Gasteiger partial charge in [0.25, 0.3) is 0 Å². The van der Waals surface area contributed by atoms with Crippen LogP contribution in [0.4, 0.5) is 0 Å². The van der Waals surface area contributed by atoms with Crippen LogP contribution >= 0.6 is 0 Å². The van der Waals surface area contributed by atoms with Gasteiger partial charge in [0.05, 0.1) is 12.0 Å². The van der Waals surface area contributed by atoms with Gasteiger partial charge in [0.2, 0.25) is 0 Å². The zero-order valence-electron chi connectivity index (χ0n) is 17.7. The first-order chi connectivity index (χ1) is 14.9. The van der Waals surface area contributed by atoms with Gasteiger partial charge in [-0.2, -0.15) is 5.26 Å². The molecule has 0 heterocycles. The van der Waals surface area contributed by atoms with Crippen molar-refractivity contribution >= 4 is 12.2 Å². The number of hydrogen-bond donors (Lipinski definition) is 1. The van der Waals surface area contributed by atoms with E-state index in [1.165, 1.54) is 0 Å². The summed E-state index contributed by atoms with van der Waals surface area (Å²) in [7, 11) is 0. The summed E-state index contributed by atoms with van der Waals surface area (Å²) < 4.78 is 5.89. The molecule has 0 saturated heterocycles. The lowest BCUT2D eigenvalue weighted by Gasteiger charge is -2.22. The molecule has 160 valence electrons. The van der Waals surface area contributed by atoms with Crippen molar-refractivity contribution in [1.29, 1.82) is 5.26 Å². The molecule has 2 aromatic carbocycles. The second kappa shape index (κ2) is 8.07. The third-order valence-electron chi connectivity index (χ3n) is 6.65. The summed E-state index contributed by atoms with van der Waals surface area (Å²) in [5, 5.41) is 24.4. The van der Waals surface area contributed by atoms with Crippen LogP contribution in [0.5, 0.6) is 11.5 Å². The Bertz CT molecular complexity index is 1020. The highest BCUT2D eigenvalue weighted by atomic mass is 16.6. The fourth-order valence-electron chi connectivity index (χ4n) is 4.58. The number of rotatable bonds is 9. The second-order valence-corrected chi connectivity index (χ2v) is 8.92. The molecule has 31 heavy (non-hydrogen) atoms. The minimum atomic E-state index is -1.29. The van der Waals surface area contributed by atoms with Crippen molar-refractivity contribution in [3.8, 4) is 17.6 Å². The molecule has 2 aliphatic carbocycles. The minimum absolute atomic E-state index is 0.417. The number of hydrogen-bond acceptors (Lipinski definition) is 5. The highest BCUT2D eigenvalue weighted by Gasteiger charge is 2.79. The first-order valence-corrected chi connectivity index (χ1v) is 10.5. The fraction of sp³-hybridized carbons (Fsp3) is 0.400. The first-order valence-electron chi connectivity index (χ1n) is 10.5. The number of carboxylic acid groups (broad SMARTS) is 1. The smallest absolute Gasteiger partial charge is 0.312 e. The Hall–Kier alpha value is -3.33. The highest BCUT2D eigenvalue weighted by molar-refractivity contribution is 5.91. The molecule has 6 heteroatoms. The molecule has 0 aliphatic heterocycles. The number of nitriles is 1. The predicted octanol–water partition coefficient (Wildman–Crippen LogP) is 5.23. The van der Waals surface area contributed by atoms with E-state index in [1.54, 1.807) is 30.5 Å². The van der Waals surface area contributed by atoms with E-state index in [0.29, 0.717) is 29.6 Å². The Morgan fingerprint density at radius 1 is 1.23 bits per heavy atom. The van der Waals surface area contributed by atoms with Crippen LogP contribution in [0.1, 0.15) is 38.2 Å². The molecule has 0 amide bonds. The van der Waals surface area contributed by atoms with E-state index in [0.717, 1.165) is 12.8 Å². The van der Waals surface area contributed by atoms with Crippen LogP contribution < -0.4 is 4.74 Å². The Labute approximate surface area is 182 Å². The number of para-hydroxylation sites is 1. The van der Waals surface area contributed by atoms with Gasteiger partial charge in [-0.3, -0.25) is 4.79 Å². The van der Waals surface area contributed by atoms with Crippen molar-refractivity contribution < 1.29 is 19.5 Å². The van der Waals surface area contributed by atoms with E-state index >= 15 is 0 Å². The molecule has 2 aromatic rings. The third kappa shape index (κ3) is 3.76. The molecule has 4 rings (SSSR count).